The zero-order valence-corrected chi connectivity index (χ0v) is 15.3. The number of aryl methyl sites for hydroxylation is 1. The molecule has 0 aliphatic heterocycles. The summed E-state index contributed by atoms with van der Waals surface area (Å²) in [6.45, 7) is 2.27. The second-order valence-electron chi connectivity index (χ2n) is 5.81. The maximum absolute atomic E-state index is 6.09. The number of rotatable bonds is 5. The number of fused-ring (bicyclic) bond motifs is 1. The summed E-state index contributed by atoms with van der Waals surface area (Å²) in [6, 6.07) is 14.0. The quantitative estimate of drug-likeness (QED) is 0.499. The SMILES string of the molecule is COCc1nc(Oc2ccc(C)nc2)c2c(-c3ccccc3)csc2n1. The van der Waals surface area contributed by atoms with E-state index in [2.05, 4.69) is 32.5 Å². The van der Waals surface area contributed by atoms with Gasteiger partial charge in [-0.05, 0) is 24.6 Å². The molecule has 3 heterocycles. The Morgan fingerprint density at radius 1 is 1.04 bits per heavy atom. The summed E-state index contributed by atoms with van der Waals surface area (Å²) >= 11 is 1.57. The minimum absolute atomic E-state index is 0.330. The molecule has 0 aliphatic rings. The number of nitrogens with zero attached hydrogens (tertiary/aromatic N) is 3. The van der Waals surface area contributed by atoms with Crippen LogP contribution in [0.4, 0.5) is 0 Å². The molecule has 0 spiro atoms. The van der Waals surface area contributed by atoms with E-state index in [1.54, 1.807) is 24.6 Å². The van der Waals surface area contributed by atoms with Crippen LogP contribution in [-0.4, -0.2) is 22.1 Å². The lowest BCUT2D eigenvalue weighted by Crippen LogP contribution is -2.00. The number of thiophene rings is 1. The fourth-order valence-corrected chi connectivity index (χ4v) is 3.63. The van der Waals surface area contributed by atoms with Crippen LogP contribution in [-0.2, 0) is 11.3 Å². The molecule has 0 N–H and O–H groups in total. The number of ether oxygens (including phenoxy) is 2. The fourth-order valence-electron chi connectivity index (χ4n) is 2.68. The summed E-state index contributed by atoms with van der Waals surface area (Å²) in [5.74, 6) is 1.76. The lowest BCUT2D eigenvalue weighted by atomic mass is 10.1. The Hall–Kier alpha value is -2.83. The van der Waals surface area contributed by atoms with E-state index in [4.69, 9.17) is 9.47 Å². The molecule has 0 saturated carbocycles. The van der Waals surface area contributed by atoms with E-state index in [9.17, 15) is 0 Å². The molecule has 6 heteroatoms. The molecule has 0 fully saturated rings. The van der Waals surface area contributed by atoms with Gasteiger partial charge in [0.15, 0.2) is 5.82 Å². The van der Waals surface area contributed by atoms with Gasteiger partial charge in [0.2, 0.25) is 5.88 Å². The molecule has 0 unspecified atom stereocenters. The Kier molecular flexibility index (Phi) is 4.60. The van der Waals surface area contributed by atoms with Crippen LogP contribution >= 0.6 is 11.3 Å². The topological polar surface area (TPSA) is 57.1 Å². The highest BCUT2D eigenvalue weighted by Gasteiger charge is 2.17. The van der Waals surface area contributed by atoms with Crippen LogP contribution in [0.5, 0.6) is 11.6 Å². The van der Waals surface area contributed by atoms with Crippen LogP contribution in [0, 0.1) is 6.92 Å². The van der Waals surface area contributed by atoms with Gasteiger partial charge >= 0.3 is 0 Å². The molecule has 130 valence electrons. The second kappa shape index (κ2) is 7.19. The fraction of sp³-hybridized carbons (Fsp3) is 0.150. The molecule has 5 nitrogen and oxygen atoms in total. The van der Waals surface area contributed by atoms with E-state index in [1.807, 2.05) is 37.3 Å². The molecule has 0 amide bonds. The van der Waals surface area contributed by atoms with Crippen molar-refractivity contribution in [1.29, 1.82) is 0 Å². The summed E-state index contributed by atoms with van der Waals surface area (Å²) in [6.07, 6.45) is 1.70. The van der Waals surface area contributed by atoms with E-state index < -0.39 is 0 Å². The number of aromatic nitrogens is 3. The van der Waals surface area contributed by atoms with Crippen molar-refractivity contribution in [2.75, 3.05) is 7.11 Å². The maximum Gasteiger partial charge on any atom is 0.232 e. The van der Waals surface area contributed by atoms with Crippen molar-refractivity contribution < 1.29 is 9.47 Å². The smallest absolute Gasteiger partial charge is 0.232 e. The van der Waals surface area contributed by atoms with Gasteiger partial charge in [0.05, 0.1) is 11.6 Å². The number of hydrogen-bond acceptors (Lipinski definition) is 6. The molecule has 0 radical (unpaired) electrons. The van der Waals surface area contributed by atoms with Crippen LogP contribution < -0.4 is 4.74 Å². The highest BCUT2D eigenvalue weighted by atomic mass is 32.1. The van der Waals surface area contributed by atoms with Crippen molar-refractivity contribution in [2.45, 2.75) is 13.5 Å². The normalized spacial score (nSPS) is 11.0. The molecule has 4 rings (SSSR count). The molecule has 0 aliphatic carbocycles. The third-order valence-corrected chi connectivity index (χ3v) is 4.78. The largest absolute Gasteiger partial charge is 0.437 e. The molecule has 1 aromatic carbocycles. The van der Waals surface area contributed by atoms with Crippen LogP contribution in [0.1, 0.15) is 11.5 Å². The monoisotopic (exact) mass is 363 g/mol. The van der Waals surface area contributed by atoms with Gasteiger partial charge in [-0.3, -0.25) is 4.98 Å². The number of methoxy groups -OCH3 is 1. The molecule has 3 aromatic heterocycles. The van der Waals surface area contributed by atoms with Gasteiger partial charge in [-0.1, -0.05) is 30.3 Å². The first-order chi connectivity index (χ1) is 12.7. The first kappa shape index (κ1) is 16.6. The first-order valence-electron chi connectivity index (χ1n) is 8.17. The van der Waals surface area contributed by atoms with E-state index in [1.165, 1.54) is 0 Å². The number of hydrogen-bond donors (Lipinski definition) is 0. The summed E-state index contributed by atoms with van der Waals surface area (Å²) in [5, 5.41) is 2.99. The van der Waals surface area contributed by atoms with E-state index in [0.717, 1.165) is 27.0 Å². The van der Waals surface area contributed by atoms with Crippen molar-refractivity contribution in [3.05, 3.63) is 65.6 Å². The Morgan fingerprint density at radius 2 is 1.88 bits per heavy atom. The van der Waals surface area contributed by atoms with Crippen molar-refractivity contribution in [3.63, 3.8) is 0 Å². The average Bonchev–Trinajstić information content (AvgIpc) is 3.09. The third-order valence-electron chi connectivity index (χ3n) is 3.90. The summed E-state index contributed by atoms with van der Waals surface area (Å²) < 4.78 is 11.3. The zero-order valence-electron chi connectivity index (χ0n) is 14.5. The van der Waals surface area contributed by atoms with Crippen molar-refractivity contribution >= 4 is 21.6 Å². The minimum atomic E-state index is 0.330. The van der Waals surface area contributed by atoms with Gasteiger partial charge < -0.3 is 9.47 Å². The number of pyridine rings is 1. The Morgan fingerprint density at radius 3 is 2.62 bits per heavy atom. The molecule has 4 aromatic rings. The van der Waals surface area contributed by atoms with Crippen molar-refractivity contribution in [2.24, 2.45) is 0 Å². The zero-order chi connectivity index (χ0) is 17.9. The molecule has 26 heavy (non-hydrogen) atoms. The van der Waals surface area contributed by atoms with Gasteiger partial charge in [0.25, 0.3) is 0 Å². The van der Waals surface area contributed by atoms with Crippen LogP contribution in [0.2, 0.25) is 0 Å². The average molecular weight is 363 g/mol. The van der Waals surface area contributed by atoms with Crippen LogP contribution in [0.3, 0.4) is 0 Å². The molecular weight excluding hydrogens is 346 g/mol. The third kappa shape index (κ3) is 3.29. The molecule has 0 bridgehead atoms. The van der Waals surface area contributed by atoms with Crippen molar-refractivity contribution in [1.82, 2.24) is 15.0 Å². The van der Waals surface area contributed by atoms with Gasteiger partial charge in [0, 0.05) is 23.7 Å². The summed E-state index contributed by atoms with van der Waals surface area (Å²) in [5.41, 5.74) is 3.10. The highest BCUT2D eigenvalue weighted by molar-refractivity contribution is 7.17. The lowest BCUT2D eigenvalue weighted by molar-refractivity contribution is 0.177. The van der Waals surface area contributed by atoms with E-state index in [0.29, 0.717) is 24.1 Å². The summed E-state index contributed by atoms with van der Waals surface area (Å²) in [4.78, 5) is 14.4. The van der Waals surface area contributed by atoms with Gasteiger partial charge in [0.1, 0.15) is 17.2 Å². The summed E-state index contributed by atoms with van der Waals surface area (Å²) in [7, 11) is 1.63. The minimum Gasteiger partial charge on any atom is -0.437 e. The standard InChI is InChI=1S/C20H17N3O2S/c1-13-8-9-15(10-21-13)25-19-18-16(14-6-4-3-5-7-14)12-26-20(18)23-17(22-19)11-24-2/h3-10,12H,11H2,1-2H3. The maximum atomic E-state index is 6.09. The lowest BCUT2D eigenvalue weighted by Gasteiger charge is -2.09. The predicted molar refractivity (Wildman–Crippen MR) is 103 cm³/mol. The first-order valence-corrected chi connectivity index (χ1v) is 9.05. The van der Waals surface area contributed by atoms with Crippen LogP contribution in [0.15, 0.2) is 54.0 Å². The van der Waals surface area contributed by atoms with Gasteiger partial charge in [-0.2, -0.15) is 4.98 Å². The highest BCUT2D eigenvalue weighted by Crippen LogP contribution is 2.39. The van der Waals surface area contributed by atoms with Crippen molar-refractivity contribution in [3.8, 4) is 22.8 Å². The Labute approximate surface area is 155 Å². The molecular formula is C20H17N3O2S. The number of benzene rings is 1. The Bertz CT molecular complexity index is 1030. The molecule has 0 atom stereocenters. The van der Waals surface area contributed by atoms with Crippen LogP contribution in [0.25, 0.3) is 21.3 Å². The van der Waals surface area contributed by atoms with Gasteiger partial charge in [-0.15, -0.1) is 11.3 Å². The second-order valence-corrected chi connectivity index (χ2v) is 6.67. The predicted octanol–water partition coefficient (Wildman–Crippen LogP) is 5.00. The van der Waals surface area contributed by atoms with E-state index in [-0.39, 0.29) is 0 Å². The van der Waals surface area contributed by atoms with Gasteiger partial charge in [-0.25, -0.2) is 4.98 Å². The Balaban J connectivity index is 1.86. The van der Waals surface area contributed by atoms with E-state index >= 15 is 0 Å². The molecule has 0 saturated heterocycles.